The van der Waals surface area contributed by atoms with Gasteiger partial charge < -0.3 is 5.11 Å². The largest absolute Gasteiger partial charge is 0.480 e. The fourth-order valence-corrected chi connectivity index (χ4v) is 4.09. The molecule has 3 nitrogen and oxygen atoms in total. The van der Waals surface area contributed by atoms with Gasteiger partial charge in [0.05, 0.1) is 11.6 Å². The highest BCUT2D eigenvalue weighted by Crippen LogP contribution is 2.39. The van der Waals surface area contributed by atoms with Crippen LogP contribution in [-0.2, 0) is 11.0 Å². The number of halogens is 3. The summed E-state index contributed by atoms with van der Waals surface area (Å²) in [5.41, 5.74) is -0.243. The van der Waals surface area contributed by atoms with Crippen LogP contribution in [0.4, 0.5) is 13.2 Å². The van der Waals surface area contributed by atoms with Crippen molar-refractivity contribution in [1.29, 1.82) is 0 Å². The number of nitrogens with zero attached hydrogens (tertiary/aromatic N) is 1. The van der Waals surface area contributed by atoms with Gasteiger partial charge in [0.1, 0.15) is 6.04 Å². The molecule has 0 aliphatic carbocycles. The average Bonchev–Trinajstić information content (AvgIpc) is 3.19. The molecule has 1 aromatic heterocycles. The molecule has 2 unspecified atom stereocenters. The van der Waals surface area contributed by atoms with Crippen LogP contribution in [0.2, 0.25) is 0 Å². The van der Waals surface area contributed by atoms with Crippen molar-refractivity contribution in [3.05, 3.63) is 57.8 Å². The number of likely N-dealkylation sites (tertiary alicyclic amines) is 1. The predicted molar refractivity (Wildman–Crippen MR) is 85.0 cm³/mol. The lowest BCUT2D eigenvalue weighted by Crippen LogP contribution is -2.39. The molecule has 7 heteroatoms. The molecule has 0 bridgehead atoms. The maximum atomic E-state index is 13.1. The first kappa shape index (κ1) is 17.0. The molecular formula is C17H16F3NO2S. The second-order valence-corrected chi connectivity index (χ2v) is 6.75. The Morgan fingerprint density at radius 2 is 2.08 bits per heavy atom. The van der Waals surface area contributed by atoms with E-state index in [-0.39, 0.29) is 0 Å². The number of rotatable bonds is 4. The minimum Gasteiger partial charge on any atom is -0.480 e. The van der Waals surface area contributed by atoms with Gasteiger partial charge in [-0.05, 0) is 42.0 Å². The molecule has 1 N–H and O–H groups in total. The summed E-state index contributed by atoms with van der Waals surface area (Å²) in [6.07, 6.45) is -3.19. The second-order valence-electron chi connectivity index (χ2n) is 5.78. The second kappa shape index (κ2) is 6.57. The van der Waals surface area contributed by atoms with Crippen molar-refractivity contribution in [2.24, 2.45) is 0 Å². The molecule has 1 aliphatic rings. The average molecular weight is 355 g/mol. The molecule has 128 valence electrons. The Hall–Kier alpha value is -1.86. The van der Waals surface area contributed by atoms with E-state index in [0.717, 1.165) is 23.4 Å². The van der Waals surface area contributed by atoms with Crippen LogP contribution in [-0.4, -0.2) is 28.6 Å². The molecule has 0 spiro atoms. The molecule has 2 aromatic rings. The highest BCUT2D eigenvalue weighted by Gasteiger charge is 2.38. The van der Waals surface area contributed by atoms with E-state index >= 15 is 0 Å². The Bertz CT molecular complexity index is 715. The minimum atomic E-state index is -4.42. The van der Waals surface area contributed by atoms with E-state index in [9.17, 15) is 23.1 Å². The number of carboxylic acids is 1. The van der Waals surface area contributed by atoms with Gasteiger partial charge in [0, 0.05) is 11.4 Å². The van der Waals surface area contributed by atoms with E-state index < -0.39 is 29.8 Å². The molecular weight excluding hydrogens is 339 g/mol. The molecule has 2 heterocycles. The van der Waals surface area contributed by atoms with Crippen molar-refractivity contribution in [2.75, 3.05) is 6.54 Å². The van der Waals surface area contributed by atoms with E-state index in [1.807, 2.05) is 17.5 Å². The molecule has 1 saturated heterocycles. The third-order valence-corrected chi connectivity index (χ3v) is 5.18. The van der Waals surface area contributed by atoms with E-state index in [4.69, 9.17) is 0 Å². The zero-order chi connectivity index (χ0) is 17.3. The lowest BCUT2D eigenvalue weighted by atomic mass is 10.00. The number of hydrogen-bond acceptors (Lipinski definition) is 3. The standard InChI is InChI=1S/C17H16F3NO2S/c18-17(19,20)12-5-1-4-11(10-12)15(14-7-3-9-24-14)21-8-2-6-13(21)16(22)23/h1,3-5,7,9-10,13,15H,2,6,8H2,(H,22,23). The summed E-state index contributed by atoms with van der Waals surface area (Å²) in [4.78, 5) is 14.2. The van der Waals surface area contributed by atoms with Gasteiger partial charge >= 0.3 is 12.1 Å². The zero-order valence-corrected chi connectivity index (χ0v) is 13.5. The van der Waals surface area contributed by atoms with Gasteiger partial charge in [-0.3, -0.25) is 9.69 Å². The number of thiophene rings is 1. The van der Waals surface area contributed by atoms with E-state index in [1.165, 1.54) is 17.4 Å². The Kier molecular flexibility index (Phi) is 4.64. The van der Waals surface area contributed by atoms with Crippen molar-refractivity contribution in [3.8, 4) is 0 Å². The lowest BCUT2D eigenvalue weighted by molar-refractivity contribution is -0.143. The topological polar surface area (TPSA) is 40.5 Å². The Balaban J connectivity index is 2.05. The van der Waals surface area contributed by atoms with Gasteiger partial charge in [-0.1, -0.05) is 18.2 Å². The summed E-state index contributed by atoms with van der Waals surface area (Å²) in [5.74, 6) is -0.930. The highest BCUT2D eigenvalue weighted by molar-refractivity contribution is 7.10. The minimum absolute atomic E-state index is 0.473. The summed E-state index contributed by atoms with van der Waals surface area (Å²) in [7, 11) is 0. The van der Waals surface area contributed by atoms with Crippen molar-refractivity contribution in [3.63, 3.8) is 0 Å². The van der Waals surface area contributed by atoms with Crippen LogP contribution in [0.5, 0.6) is 0 Å². The maximum Gasteiger partial charge on any atom is 0.416 e. The third kappa shape index (κ3) is 3.32. The summed E-state index contributed by atoms with van der Waals surface area (Å²) in [6.45, 7) is 0.551. The van der Waals surface area contributed by atoms with Crippen LogP contribution in [0.3, 0.4) is 0 Å². The van der Waals surface area contributed by atoms with E-state index in [1.54, 1.807) is 11.0 Å². The van der Waals surface area contributed by atoms with E-state index in [2.05, 4.69) is 0 Å². The molecule has 0 amide bonds. The van der Waals surface area contributed by atoms with Gasteiger partial charge in [-0.2, -0.15) is 13.2 Å². The van der Waals surface area contributed by atoms with Crippen molar-refractivity contribution in [1.82, 2.24) is 4.90 Å². The first-order valence-electron chi connectivity index (χ1n) is 7.57. The summed E-state index contributed by atoms with van der Waals surface area (Å²) in [6, 6.07) is 7.69. The van der Waals surface area contributed by atoms with Gasteiger partial charge in [0.25, 0.3) is 0 Å². The van der Waals surface area contributed by atoms with E-state index in [0.29, 0.717) is 18.5 Å². The Morgan fingerprint density at radius 1 is 1.29 bits per heavy atom. The molecule has 24 heavy (non-hydrogen) atoms. The maximum absolute atomic E-state index is 13.1. The van der Waals surface area contributed by atoms with Crippen molar-refractivity contribution < 1.29 is 23.1 Å². The smallest absolute Gasteiger partial charge is 0.416 e. The van der Waals surface area contributed by atoms with Gasteiger partial charge in [-0.15, -0.1) is 11.3 Å². The number of carbonyl (C=O) groups is 1. The third-order valence-electron chi connectivity index (χ3n) is 4.25. The quantitative estimate of drug-likeness (QED) is 0.883. The molecule has 1 aromatic carbocycles. The number of alkyl halides is 3. The molecule has 0 radical (unpaired) electrons. The number of aliphatic carboxylic acids is 1. The number of benzene rings is 1. The monoisotopic (exact) mass is 355 g/mol. The first-order valence-corrected chi connectivity index (χ1v) is 8.45. The zero-order valence-electron chi connectivity index (χ0n) is 12.7. The van der Waals surface area contributed by atoms with Gasteiger partial charge in [-0.25, -0.2) is 0 Å². The number of hydrogen-bond donors (Lipinski definition) is 1. The van der Waals surface area contributed by atoms with Crippen LogP contribution < -0.4 is 0 Å². The van der Waals surface area contributed by atoms with Crippen LogP contribution in [0.1, 0.15) is 34.9 Å². The van der Waals surface area contributed by atoms with Crippen LogP contribution in [0, 0.1) is 0 Å². The molecule has 1 fully saturated rings. The number of carboxylic acid groups (broad SMARTS) is 1. The van der Waals surface area contributed by atoms with Gasteiger partial charge in [0.15, 0.2) is 0 Å². The normalized spacial score (nSPS) is 20.2. The van der Waals surface area contributed by atoms with Crippen LogP contribution in [0.25, 0.3) is 0 Å². The lowest BCUT2D eigenvalue weighted by Gasteiger charge is -2.31. The fourth-order valence-electron chi connectivity index (χ4n) is 3.21. The molecule has 1 aliphatic heterocycles. The Labute approximate surface area is 141 Å². The van der Waals surface area contributed by atoms with Crippen molar-refractivity contribution >= 4 is 17.3 Å². The fraction of sp³-hybridized carbons (Fsp3) is 0.353. The summed E-state index contributed by atoms with van der Waals surface area (Å²) in [5, 5.41) is 11.3. The molecule has 2 atom stereocenters. The van der Waals surface area contributed by atoms with Gasteiger partial charge in [0.2, 0.25) is 0 Å². The Morgan fingerprint density at radius 3 is 2.71 bits per heavy atom. The van der Waals surface area contributed by atoms with Crippen molar-refractivity contribution in [2.45, 2.75) is 31.1 Å². The SMILES string of the molecule is O=C(O)C1CCCN1C(c1cccc(C(F)(F)F)c1)c1cccs1. The molecule has 3 rings (SSSR count). The summed E-state index contributed by atoms with van der Waals surface area (Å²) >= 11 is 1.42. The first-order chi connectivity index (χ1) is 11.4. The van der Waals surface area contributed by atoms with Crippen LogP contribution in [0.15, 0.2) is 41.8 Å². The van der Waals surface area contributed by atoms with Crippen LogP contribution >= 0.6 is 11.3 Å². The molecule has 0 saturated carbocycles. The highest BCUT2D eigenvalue weighted by atomic mass is 32.1. The summed E-state index contributed by atoms with van der Waals surface area (Å²) < 4.78 is 39.2. The predicted octanol–water partition coefficient (Wildman–Crippen LogP) is 4.41.